The minimum atomic E-state index is 0.0104. The van der Waals surface area contributed by atoms with Gasteiger partial charge in [-0.05, 0) is 17.9 Å². The summed E-state index contributed by atoms with van der Waals surface area (Å²) in [5.41, 5.74) is 1.76. The molecular formula is C20H31NO2. The van der Waals surface area contributed by atoms with Gasteiger partial charge in [-0.25, -0.2) is 0 Å². The number of nitrogens with one attached hydrogen (secondary N) is 1. The van der Waals surface area contributed by atoms with E-state index in [9.17, 15) is 9.59 Å². The van der Waals surface area contributed by atoms with Crippen molar-refractivity contribution >= 4 is 11.7 Å². The van der Waals surface area contributed by atoms with Crippen LogP contribution in [0.1, 0.15) is 75.7 Å². The average molecular weight is 317 g/mol. The molecule has 0 atom stereocenters. The van der Waals surface area contributed by atoms with Crippen LogP contribution in [0.5, 0.6) is 0 Å². The zero-order valence-corrected chi connectivity index (χ0v) is 15.0. The van der Waals surface area contributed by atoms with Gasteiger partial charge in [0.25, 0.3) is 0 Å². The number of Topliss-reactive ketones (excluding diaryl/α,β-unsaturated/α-hetero) is 1. The van der Waals surface area contributed by atoms with Gasteiger partial charge < -0.3 is 5.32 Å². The molecule has 0 bridgehead atoms. The number of hydrogen-bond donors (Lipinski definition) is 1. The second kappa shape index (κ2) is 10.2. The van der Waals surface area contributed by atoms with E-state index in [0.29, 0.717) is 13.0 Å². The third-order valence-corrected chi connectivity index (χ3v) is 3.94. The number of unbranched alkanes of at least 4 members (excludes halogenated alkanes) is 2. The first kappa shape index (κ1) is 19.4. The van der Waals surface area contributed by atoms with E-state index in [2.05, 4.69) is 19.2 Å². The van der Waals surface area contributed by atoms with Crippen molar-refractivity contribution in [3.05, 3.63) is 35.4 Å². The Balaban J connectivity index is 2.26. The topological polar surface area (TPSA) is 46.2 Å². The quantitative estimate of drug-likeness (QED) is 0.500. The second-order valence-corrected chi connectivity index (χ2v) is 6.99. The van der Waals surface area contributed by atoms with Crippen molar-refractivity contribution < 1.29 is 9.59 Å². The van der Waals surface area contributed by atoms with Crippen LogP contribution in [0.4, 0.5) is 0 Å². The van der Waals surface area contributed by atoms with Gasteiger partial charge in [-0.3, -0.25) is 9.59 Å². The third-order valence-electron chi connectivity index (χ3n) is 3.94. The van der Waals surface area contributed by atoms with Gasteiger partial charge in [-0.2, -0.15) is 0 Å². The lowest BCUT2D eigenvalue weighted by Gasteiger charge is -2.08. The summed E-state index contributed by atoms with van der Waals surface area (Å²) in [5.74, 6) is 1.02. The van der Waals surface area contributed by atoms with Crippen LogP contribution in [0.15, 0.2) is 24.3 Å². The lowest BCUT2D eigenvalue weighted by atomic mass is 10.00. The van der Waals surface area contributed by atoms with Crippen molar-refractivity contribution in [2.75, 3.05) is 0 Å². The Bertz CT molecular complexity index is 489. The molecule has 1 aromatic rings. The Morgan fingerprint density at radius 3 is 2.17 bits per heavy atom. The van der Waals surface area contributed by atoms with Gasteiger partial charge in [0, 0.05) is 24.4 Å². The average Bonchev–Trinajstić information content (AvgIpc) is 2.52. The molecular weight excluding hydrogens is 286 g/mol. The molecule has 0 aliphatic rings. The summed E-state index contributed by atoms with van der Waals surface area (Å²) in [7, 11) is 0. The molecule has 0 fully saturated rings. The number of benzene rings is 1. The summed E-state index contributed by atoms with van der Waals surface area (Å²) in [6.45, 7) is 8.79. The number of amides is 1. The molecule has 0 saturated carbocycles. The maximum Gasteiger partial charge on any atom is 0.220 e. The van der Waals surface area contributed by atoms with Crippen molar-refractivity contribution in [1.29, 1.82) is 0 Å². The minimum Gasteiger partial charge on any atom is -0.352 e. The number of ketones is 1. The molecule has 23 heavy (non-hydrogen) atoms. The Morgan fingerprint density at radius 2 is 1.61 bits per heavy atom. The Labute approximate surface area is 140 Å². The fourth-order valence-corrected chi connectivity index (χ4v) is 2.42. The molecule has 0 aromatic heterocycles. The summed E-state index contributed by atoms with van der Waals surface area (Å²) < 4.78 is 0. The van der Waals surface area contributed by atoms with E-state index in [1.54, 1.807) is 0 Å². The SMILES string of the molecule is CC(C)CCCCCC(=O)NCc1ccc(C(=O)C(C)C)cc1. The third kappa shape index (κ3) is 7.96. The number of hydrogen-bond acceptors (Lipinski definition) is 2. The van der Waals surface area contributed by atoms with Crippen molar-refractivity contribution in [2.24, 2.45) is 11.8 Å². The smallest absolute Gasteiger partial charge is 0.220 e. The Morgan fingerprint density at radius 1 is 0.957 bits per heavy atom. The molecule has 3 heteroatoms. The fraction of sp³-hybridized carbons (Fsp3) is 0.600. The largest absolute Gasteiger partial charge is 0.352 e. The molecule has 0 spiro atoms. The molecule has 0 aliphatic heterocycles. The van der Waals surface area contributed by atoms with E-state index in [-0.39, 0.29) is 17.6 Å². The molecule has 0 heterocycles. The van der Waals surface area contributed by atoms with Crippen LogP contribution < -0.4 is 5.32 Å². The molecule has 1 N–H and O–H groups in total. The predicted octanol–water partition coefficient (Wildman–Crippen LogP) is 4.75. The van der Waals surface area contributed by atoms with E-state index in [4.69, 9.17) is 0 Å². The van der Waals surface area contributed by atoms with Crippen LogP contribution in [0.3, 0.4) is 0 Å². The zero-order chi connectivity index (χ0) is 17.2. The maximum absolute atomic E-state index is 11.9. The standard InChI is InChI=1S/C20H31NO2/c1-15(2)8-6-5-7-9-19(22)21-14-17-10-12-18(13-11-17)20(23)16(3)4/h10-13,15-16H,5-9,14H2,1-4H3,(H,21,22). The van der Waals surface area contributed by atoms with Crippen molar-refractivity contribution in [3.63, 3.8) is 0 Å². The first-order chi connectivity index (χ1) is 10.9. The normalized spacial score (nSPS) is 11.0. The van der Waals surface area contributed by atoms with Crippen LogP contribution in [0.25, 0.3) is 0 Å². The summed E-state index contributed by atoms with van der Waals surface area (Å²) >= 11 is 0. The van der Waals surface area contributed by atoms with Crippen LogP contribution >= 0.6 is 0 Å². The van der Waals surface area contributed by atoms with E-state index in [0.717, 1.165) is 29.9 Å². The van der Waals surface area contributed by atoms with Crippen molar-refractivity contribution in [2.45, 2.75) is 66.3 Å². The lowest BCUT2D eigenvalue weighted by molar-refractivity contribution is -0.121. The molecule has 1 rings (SSSR count). The van der Waals surface area contributed by atoms with E-state index in [1.807, 2.05) is 38.1 Å². The highest BCUT2D eigenvalue weighted by atomic mass is 16.1. The molecule has 0 unspecified atom stereocenters. The Kier molecular flexibility index (Phi) is 8.60. The van der Waals surface area contributed by atoms with Crippen LogP contribution in [0.2, 0.25) is 0 Å². The maximum atomic E-state index is 11.9. The van der Waals surface area contributed by atoms with Crippen LogP contribution in [-0.4, -0.2) is 11.7 Å². The first-order valence-corrected chi connectivity index (χ1v) is 8.80. The van der Waals surface area contributed by atoms with E-state index >= 15 is 0 Å². The van der Waals surface area contributed by atoms with Gasteiger partial charge in [-0.1, -0.05) is 71.2 Å². The van der Waals surface area contributed by atoms with Crippen LogP contribution in [0, 0.1) is 11.8 Å². The monoisotopic (exact) mass is 317 g/mol. The molecule has 0 aliphatic carbocycles. The Hall–Kier alpha value is -1.64. The molecule has 0 radical (unpaired) electrons. The minimum absolute atomic E-state index is 0.0104. The number of carbonyl (C=O) groups excluding carboxylic acids is 2. The van der Waals surface area contributed by atoms with E-state index in [1.165, 1.54) is 12.8 Å². The van der Waals surface area contributed by atoms with Crippen LogP contribution in [-0.2, 0) is 11.3 Å². The highest BCUT2D eigenvalue weighted by molar-refractivity contribution is 5.97. The zero-order valence-electron chi connectivity index (χ0n) is 15.0. The van der Waals surface area contributed by atoms with Gasteiger partial charge >= 0.3 is 0 Å². The highest BCUT2D eigenvalue weighted by Crippen LogP contribution is 2.11. The number of carbonyl (C=O) groups is 2. The summed E-state index contributed by atoms with van der Waals surface area (Å²) in [4.78, 5) is 23.7. The van der Waals surface area contributed by atoms with Gasteiger partial charge in [0.15, 0.2) is 5.78 Å². The molecule has 1 amide bonds. The summed E-state index contributed by atoms with van der Waals surface area (Å²) in [6, 6.07) is 7.52. The van der Waals surface area contributed by atoms with Crippen molar-refractivity contribution in [3.8, 4) is 0 Å². The number of rotatable bonds is 10. The summed E-state index contributed by atoms with van der Waals surface area (Å²) in [5, 5.41) is 2.95. The molecule has 1 aromatic carbocycles. The first-order valence-electron chi connectivity index (χ1n) is 8.80. The molecule has 3 nitrogen and oxygen atoms in total. The second-order valence-electron chi connectivity index (χ2n) is 6.99. The predicted molar refractivity (Wildman–Crippen MR) is 95.4 cm³/mol. The van der Waals surface area contributed by atoms with Gasteiger partial charge in [-0.15, -0.1) is 0 Å². The molecule has 0 saturated heterocycles. The van der Waals surface area contributed by atoms with E-state index < -0.39 is 0 Å². The molecule has 128 valence electrons. The fourth-order valence-electron chi connectivity index (χ4n) is 2.42. The van der Waals surface area contributed by atoms with Crippen molar-refractivity contribution in [1.82, 2.24) is 5.32 Å². The highest BCUT2D eigenvalue weighted by Gasteiger charge is 2.10. The summed E-state index contributed by atoms with van der Waals surface area (Å²) in [6.07, 6.45) is 5.12. The lowest BCUT2D eigenvalue weighted by Crippen LogP contribution is -2.22. The van der Waals surface area contributed by atoms with Gasteiger partial charge in [0.05, 0.1) is 0 Å². The van der Waals surface area contributed by atoms with Gasteiger partial charge in [0.2, 0.25) is 5.91 Å². The van der Waals surface area contributed by atoms with Gasteiger partial charge in [0.1, 0.15) is 0 Å².